The highest BCUT2D eigenvalue weighted by molar-refractivity contribution is 7.99. The van der Waals surface area contributed by atoms with Gasteiger partial charge in [-0.25, -0.2) is 4.79 Å². The summed E-state index contributed by atoms with van der Waals surface area (Å²) in [6.07, 6.45) is 1.93. The maximum absolute atomic E-state index is 12.1. The molecule has 1 fully saturated rings. The maximum Gasteiger partial charge on any atom is 0.317 e. The molecule has 0 unspecified atom stereocenters. The first-order valence-electron chi connectivity index (χ1n) is 7.06. The van der Waals surface area contributed by atoms with Gasteiger partial charge in [0.2, 0.25) is 5.91 Å². The van der Waals surface area contributed by atoms with Crippen LogP contribution in [0.4, 0.5) is 4.79 Å². The van der Waals surface area contributed by atoms with Gasteiger partial charge in [0, 0.05) is 31.4 Å². The van der Waals surface area contributed by atoms with E-state index in [0.29, 0.717) is 38.0 Å². The largest absolute Gasteiger partial charge is 0.373 e. The van der Waals surface area contributed by atoms with Crippen LogP contribution >= 0.6 is 11.8 Å². The molecule has 0 spiro atoms. The molecule has 1 aliphatic heterocycles. The second-order valence-corrected chi connectivity index (χ2v) is 6.61. The second-order valence-electron chi connectivity index (χ2n) is 5.33. The summed E-state index contributed by atoms with van der Waals surface area (Å²) in [4.78, 5) is 26.5. The lowest BCUT2D eigenvalue weighted by Crippen LogP contribution is -2.53. The quantitative estimate of drug-likeness (QED) is 0.665. The Labute approximate surface area is 130 Å². The number of nitrogens with one attached hydrogen (secondary N) is 1. The molecule has 1 saturated heterocycles. The van der Waals surface area contributed by atoms with E-state index in [9.17, 15) is 9.59 Å². The van der Waals surface area contributed by atoms with Crippen LogP contribution in [0.1, 0.15) is 6.92 Å². The molecule has 3 amide bonds. The summed E-state index contributed by atoms with van der Waals surface area (Å²) in [5.41, 5.74) is 5.16. The van der Waals surface area contributed by atoms with Crippen molar-refractivity contribution in [2.24, 2.45) is 5.73 Å². The van der Waals surface area contributed by atoms with Crippen LogP contribution in [0.2, 0.25) is 0 Å². The Morgan fingerprint density at radius 2 is 2.29 bits per heavy atom. The molecule has 21 heavy (non-hydrogen) atoms. The number of urea groups is 1. The van der Waals surface area contributed by atoms with Gasteiger partial charge in [0.1, 0.15) is 0 Å². The van der Waals surface area contributed by atoms with E-state index in [1.807, 2.05) is 18.2 Å². The number of primary amides is 1. The van der Waals surface area contributed by atoms with Crippen LogP contribution in [-0.4, -0.2) is 85.7 Å². The number of amides is 3. The first-order valence-corrected chi connectivity index (χ1v) is 8.35. The van der Waals surface area contributed by atoms with E-state index in [-0.39, 0.29) is 24.6 Å². The van der Waals surface area contributed by atoms with Gasteiger partial charge in [0.25, 0.3) is 0 Å². The minimum Gasteiger partial charge on any atom is -0.373 e. The Morgan fingerprint density at radius 3 is 2.90 bits per heavy atom. The number of thioether (sulfide) groups is 1. The molecule has 0 saturated carbocycles. The highest BCUT2D eigenvalue weighted by atomic mass is 32.2. The number of nitrogens with two attached hydrogens (primary N) is 1. The molecular formula is C13H26N4O3S. The number of nitrogens with zero attached hydrogens (tertiary/aromatic N) is 2. The monoisotopic (exact) mass is 318 g/mol. The van der Waals surface area contributed by atoms with E-state index in [4.69, 9.17) is 10.5 Å². The minimum absolute atomic E-state index is 0.0539. The van der Waals surface area contributed by atoms with Gasteiger partial charge < -0.3 is 20.7 Å². The van der Waals surface area contributed by atoms with Gasteiger partial charge in [-0.3, -0.25) is 9.69 Å². The van der Waals surface area contributed by atoms with Crippen LogP contribution in [0.15, 0.2) is 0 Å². The van der Waals surface area contributed by atoms with Crippen LogP contribution < -0.4 is 11.1 Å². The van der Waals surface area contributed by atoms with Crippen LogP contribution in [0.3, 0.4) is 0 Å². The van der Waals surface area contributed by atoms with E-state index in [1.54, 1.807) is 16.7 Å². The second kappa shape index (κ2) is 9.11. The van der Waals surface area contributed by atoms with Gasteiger partial charge >= 0.3 is 6.03 Å². The van der Waals surface area contributed by atoms with Gasteiger partial charge in [-0.1, -0.05) is 6.92 Å². The predicted molar refractivity (Wildman–Crippen MR) is 84.4 cm³/mol. The Kier molecular flexibility index (Phi) is 7.84. The molecular weight excluding hydrogens is 292 g/mol. The summed E-state index contributed by atoms with van der Waals surface area (Å²) in [5, 5.41) is 3.33. The maximum atomic E-state index is 12.1. The predicted octanol–water partition coefficient (Wildman–Crippen LogP) is -0.435. The Morgan fingerprint density at radius 1 is 1.57 bits per heavy atom. The zero-order valence-corrected chi connectivity index (χ0v) is 13.8. The SMILES string of the molecule is CS[C@@H](C)CNC(=O)N1CCO[C@H](CN(C)CC(N)=O)C1. The summed E-state index contributed by atoms with van der Waals surface area (Å²) >= 11 is 1.72. The number of rotatable bonds is 7. The van der Waals surface area contributed by atoms with Gasteiger partial charge in [0.15, 0.2) is 0 Å². The zero-order chi connectivity index (χ0) is 15.8. The molecule has 0 radical (unpaired) electrons. The average molecular weight is 318 g/mol. The van der Waals surface area contributed by atoms with E-state index >= 15 is 0 Å². The number of carbonyl (C=O) groups is 2. The lowest BCUT2D eigenvalue weighted by molar-refractivity contribution is -0.119. The first-order chi connectivity index (χ1) is 9.92. The summed E-state index contributed by atoms with van der Waals surface area (Å²) in [7, 11) is 1.81. The molecule has 1 aliphatic rings. The number of morpholine rings is 1. The average Bonchev–Trinajstić information content (AvgIpc) is 2.43. The molecule has 1 rings (SSSR count). The first kappa shape index (κ1) is 18.1. The molecule has 0 aromatic rings. The molecule has 122 valence electrons. The standard InChI is InChI=1S/C13H26N4O3S/c1-10(21-3)6-15-13(19)17-4-5-20-11(8-17)7-16(2)9-12(14)18/h10-11H,4-9H2,1-3H3,(H2,14,18)(H,15,19)/t10-,11+/m0/s1. The van der Waals surface area contributed by atoms with Crippen LogP contribution in [-0.2, 0) is 9.53 Å². The van der Waals surface area contributed by atoms with Crippen LogP contribution in [0, 0.1) is 0 Å². The van der Waals surface area contributed by atoms with Gasteiger partial charge in [-0.05, 0) is 13.3 Å². The molecule has 7 nitrogen and oxygen atoms in total. The summed E-state index contributed by atoms with van der Waals surface area (Å²) in [6.45, 7) is 5.14. The number of ether oxygens (including phenoxy) is 1. The summed E-state index contributed by atoms with van der Waals surface area (Å²) in [6, 6.07) is -0.0539. The van der Waals surface area contributed by atoms with Crippen molar-refractivity contribution in [1.29, 1.82) is 0 Å². The number of hydrogen-bond acceptors (Lipinski definition) is 5. The molecule has 3 N–H and O–H groups in total. The van der Waals surface area contributed by atoms with E-state index in [2.05, 4.69) is 12.2 Å². The van der Waals surface area contributed by atoms with Crippen molar-refractivity contribution >= 4 is 23.7 Å². The third-order valence-electron chi connectivity index (χ3n) is 3.31. The van der Waals surface area contributed by atoms with E-state index in [1.165, 1.54) is 0 Å². The van der Waals surface area contributed by atoms with Crippen molar-refractivity contribution in [1.82, 2.24) is 15.1 Å². The van der Waals surface area contributed by atoms with Crippen LogP contribution in [0.25, 0.3) is 0 Å². The molecule has 0 bridgehead atoms. The van der Waals surface area contributed by atoms with Crippen molar-refractivity contribution in [3.8, 4) is 0 Å². The van der Waals surface area contributed by atoms with Crippen molar-refractivity contribution < 1.29 is 14.3 Å². The van der Waals surface area contributed by atoms with E-state index in [0.717, 1.165) is 0 Å². The van der Waals surface area contributed by atoms with Crippen molar-refractivity contribution in [3.63, 3.8) is 0 Å². The third-order valence-corrected chi connectivity index (χ3v) is 4.28. The fraction of sp³-hybridized carbons (Fsp3) is 0.846. The smallest absolute Gasteiger partial charge is 0.317 e. The molecule has 0 aromatic carbocycles. The lowest BCUT2D eigenvalue weighted by Gasteiger charge is -2.34. The number of carbonyl (C=O) groups excluding carboxylic acids is 2. The summed E-state index contributed by atoms with van der Waals surface area (Å²) in [5.74, 6) is -0.367. The van der Waals surface area contributed by atoms with E-state index < -0.39 is 0 Å². The molecule has 8 heteroatoms. The van der Waals surface area contributed by atoms with Gasteiger partial charge in [0.05, 0.1) is 19.3 Å². The number of likely N-dealkylation sites (N-methyl/N-ethyl adjacent to an activating group) is 1. The van der Waals surface area contributed by atoms with Gasteiger partial charge in [-0.2, -0.15) is 11.8 Å². The molecule has 2 atom stereocenters. The Balaban J connectivity index is 2.37. The highest BCUT2D eigenvalue weighted by Gasteiger charge is 2.25. The molecule has 0 aliphatic carbocycles. The lowest BCUT2D eigenvalue weighted by atomic mass is 10.2. The Bertz CT molecular complexity index is 356. The topological polar surface area (TPSA) is 87.9 Å². The summed E-state index contributed by atoms with van der Waals surface area (Å²) < 4.78 is 5.64. The highest BCUT2D eigenvalue weighted by Crippen LogP contribution is 2.08. The van der Waals surface area contributed by atoms with Crippen molar-refractivity contribution in [2.75, 3.05) is 52.6 Å². The molecule has 1 heterocycles. The van der Waals surface area contributed by atoms with Gasteiger partial charge in [-0.15, -0.1) is 0 Å². The fourth-order valence-electron chi connectivity index (χ4n) is 2.12. The third kappa shape index (κ3) is 7.01. The normalized spacial score (nSPS) is 20.4. The zero-order valence-electron chi connectivity index (χ0n) is 13.0. The van der Waals surface area contributed by atoms with Crippen LogP contribution in [0.5, 0.6) is 0 Å². The minimum atomic E-state index is -0.367. The number of hydrogen-bond donors (Lipinski definition) is 2. The van der Waals surface area contributed by atoms with Crippen molar-refractivity contribution in [3.05, 3.63) is 0 Å². The molecule has 0 aromatic heterocycles. The Hall–Kier alpha value is -0.990. The fourth-order valence-corrected chi connectivity index (χ4v) is 2.37. The van der Waals surface area contributed by atoms with Crippen molar-refractivity contribution in [2.45, 2.75) is 18.3 Å².